The molecule has 1 aliphatic heterocycles. The van der Waals surface area contributed by atoms with Crippen LogP contribution in [-0.2, 0) is 9.53 Å². The number of hydrogen-bond donors (Lipinski definition) is 1. The van der Waals surface area contributed by atoms with Gasteiger partial charge in [0.1, 0.15) is 6.10 Å². The molecule has 0 aromatic heterocycles. The molecule has 3 aliphatic carbocycles. The van der Waals surface area contributed by atoms with Crippen molar-refractivity contribution in [2.45, 2.75) is 51.0 Å². The van der Waals surface area contributed by atoms with Crippen LogP contribution >= 0.6 is 0 Å². The minimum Gasteiger partial charge on any atom is -0.368 e. The molecule has 1 amide bonds. The lowest BCUT2D eigenvalue weighted by atomic mass is 9.81. The van der Waals surface area contributed by atoms with E-state index in [0.29, 0.717) is 12.5 Å². The molecule has 4 heteroatoms. The molecule has 0 unspecified atom stereocenters. The lowest BCUT2D eigenvalue weighted by Gasteiger charge is -2.25. The molecule has 4 nitrogen and oxygen atoms in total. The van der Waals surface area contributed by atoms with Crippen LogP contribution in [0.2, 0.25) is 0 Å². The first-order valence-corrected chi connectivity index (χ1v) is 7.81. The predicted octanol–water partition coefficient (Wildman–Crippen LogP) is 2.09. The quantitative estimate of drug-likeness (QED) is 0.775. The smallest absolute Gasteiger partial charge is 0.269 e. The lowest BCUT2D eigenvalue weighted by Crippen LogP contribution is -2.33. The van der Waals surface area contributed by atoms with Crippen molar-refractivity contribution >= 4 is 11.6 Å². The number of nitrogens with zero attached hydrogens (tertiary/aromatic N) is 1. The van der Waals surface area contributed by atoms with Gasteiger partial charge in [0.05, 0.1) is 0 Å². The van der Waals surface area contributed by atoms with Crippen LogP contribution in [0.4, 0.5) is 0 Å². The van der Waals surface area contributed by atoms with Crippen LogP contribution < -0.4 is 5.43 Å². The Hall–Kier alpha value is -0.900. The van der Waals surface area contributed by atoms with Crippen molar-refractivity contribution in [3.05, 3.63) is 0 Å². The molecule has 4 aliphatic rings. The summed E-state index contributed by atoms with van der Waals surface area (Å²) in [6.07, 6.45) is 8.23. The van der Waals surface area contributed by atoms with Crippen molar-refractivity contribution in [1.29, 1.82) is 0 Å². The van der Waals surface area contributed by atoms with Crippen molar-refractivity contribution in [3.63, 3.8) is 0 Å². The number of nitrogens with one attached hydrogen (secondary N) is 1. The van der Waals surface area contributed by atoms with E-state index < -0.39 is 0 Å². The van der Waals surface area contributed by atoms with Gasteiger partial charge in [0, 0.05) is 18.2 Å². The van der Waals surface area contributed by atoms with Crippen LogP contribution in [0.15, 0.2) is 5.10 Å². The van der Waals surface area contributed by atoms with Crippen molar-refractivity contribution in [3.8, 4) is 0 Å². The molecule has 0 aromatic rings. The minimum absolute atomic E-state index is 0.0456. The Kier molecular flexibility index (Phi) is 2.87. The number of carbonyl (C=O) groups is 1. The summed E-state index contributed by atoms with van der Waals surface area (Å²) in [6.45, 7) is 0.711. The molecular formula is C15H22N2O2. The van der Waals surface area contributed by atoms with Gasteiger partial charge >= 0.3 is 0 Å². The highest BCUT2D eigenvalue weighted by molar-refractivity contribution is 5.92. The fourth-order valence-corrected chi connectivity index (χ4v) is 4.93. The van der Waals surface area contributed by atoms with E-state index in [9.17, 15) is 4.79 Å². The van der Waals surface area contributed by atoms with Gasteiger partial charge in [0.2, 0.25) is 0 Å². The molecule has 1 heterocycles. The first-order chi connectivity index (χ1) is 9.33. The van der Waals surface area contributed by atoms with E-state index in [4.69, 9.17) is 4.74 Å². The Balaban J connectivity index is 1.40. The van der Waals surface area contributed by atoms with E-state index in [0.717, 1.165) is 37.0 Å². The van der Waals surface area contributed by atoms with E-state index in [1.807, 2.05) is 0 Å². The largest absolute Gasteiger partial charge is 0.368 e. The molecule has 5 atom stereocenters. The van der Waals surface area contributed by atoms with E-state index in [2.05, 4.69) is 10.5 Å². The van der Waals surface area contributed by atoms with Crippen molar-refractivity contribution in [2.75, 3.05) is 6.61 Å². The second-order valence-corrected chi connectivity index (χ2v) is 6.65. The van der Waals surface area contributed by atoms with Gasteiger partial charge in [0.15, 0.2) is 0 Å². The topological polar surface area (TPSA) is 50.7 Å². The Morgan fingerprint density at radius 1 is 1.21 bits per heavy atom. The Bertz CT molecular complexity index is 414. The zero-order valence-electron chi connectivity index (χ0n) is 11.3. The Morgan fingerprint density at radius 2 is 2.11 bits per heavy atom. The van der Waals surface area contributed by atoms with Crippen LogP contribution in [-0.4, -0.2) is 24.3 Å². The third-order valence-corrected chi connectivity index (χ3v) is 5.74. The van der Waals surface area contributed by atoms with Gasteiger partial charge in [-0.2, -0.15) is 5.10 Å². The Morgan fingerprint density at radius 3 is 2.95 bits per heavy atom. The molecule has 104 valence electrons. The third-order valence-electron chi connectivity index (χ3n) is 5.74. The Labute approximate surface area is 114 Å². The monoisotopic (exact) mass is 262 g/mol. The summed E-state index contributed by atoms with van der Waals surface area (Å²) in [5, 5.41) is 4.45. The number of amides is 1. The summed E-state index contributed by atoms with van der Waals surface area (Å²) in [5.41, 5.74) is 4.02. The van der Waals surface area contributed by atoms with Crippen LogP contribution in [0.25, 0.3) is 0 Å². The van der Waals surface area contributed by atoms with E-state index in [-0.39, 0.29) is 12.0 Å². The van der Waals surface area contributed by atoms with Crippen LogP contribution in [0.1, 0.15) is 44.9 Å². The summed E-state index contributed by atoms with van der Waals surface area (Å²) >= 11 is 0. The summed E-state index contributed by atoms with van der Waals surface area (Å²) < 4.78 is 5.38. The normalized spacial score (nSPS) is 45.9. The fourth-order valence-electron chi connectivity index (χ4n) is 4.93. The van der Waals surface area contributed by atoms with E-state index in [1.165, 1.54) is 31.4 Å². The zero-order valence-corrected chi connectivity index (χ0v) is 11.3. The van der Waals surface area contributed by atoms with Crippen molar-refractivity contribution in [1.82, 2.24) is 5.43 Å². The van der Waals surface area contributed by atoms with Gasteiger partial charge in [-0.1, -0.05) is 6.42 Å². The maximum Gasteiger partial charge on any atom is 0.269 e. The molecule has 2 bridgehead atoms. The molecule has 3 saturated carbocycles. The summed E-state index contributed by atoms with van der Waals surface area (Å²) in [5.74, 6) is 3.32. The highest BCUT2D eigenvalue weighted by Gasteiger charge is 2.52. The van der Waals surface area contributed by atoms with Gasteiger partial charge in [-0.15, -0.1) is 0 Å². The lowest BCUT2D eigenvalue weighted by molar-refractivity contribution is -0.130. The van der Waals surface area contributed by atoms with Crippen LogP contribution in [0, 0.1) is 23.7 Å². The molecule has 1 saturated heterocycles. The van der Waals surface area contributed by atoms with Gasteiger partial charge < -0.3 is 4.74 Å². The third kappa shape index (κ3) is 1.92. The number of fused-ring (bicyclic) bond motifs is 5. The first kappa shape index (κ1) is 11.9. The second kappa shape index (κ2) is 4.58. The molecule has 1 N–H and O–H groups in total. The molecule has 19 heavy (non-hydrogen) atoms. The average Bonchev–Trinajstić information content (AvgIpc) is 3.15. The van der Waals surface area contributed by atoms with E-state index >= 15 is 0 Å². The number of hydrazone groups is 1. The second-order valence-electron chi connectivity index (χ2n) is 6.65. The highest BCUT2D eigenvalue weighted by atomic mass is 16.5. The molecule has 0 radical (unpaired) electrons. The molecular weight excluding hydrogens is 240 g/mol. The summed E-state index contributed by atoms with van der Waals surface area (Å²) in [6, 6.07) is 0. The van der Waals surface area contributed by atoms with Crippen molar-refractivity contribution in [2.24, 2.45) is 28.8 Å². The molecule has 0 aromatic carbocycles. The van der Waals surface area contributed by atoms with Gasteiger partial charge in [0.25, 0.3) is 5.91 Å². The minimum atomic E-state index is -0.262. The number of ether oxygens (including phenoxy) is 1. The molecule has 4 rings (SSSR count). The van der Waals surface area contributed by atoms with Gasteiger partial charge in [-0.25, -0.2) is 5.43 Å². The highest BCUT2D eigenvalue weighted by Crippen LogP contribution is 2.57. The predicted molar refractivity (Wildman–Crippen MR) is 71.6 cm³/mol. The summed E-state index contributed by atoms with van der Waals surface area (Å²) in [7, 11) is 0. The van der Waals surface area contributed by atoms with E-state index in [1.54, 1.807) is 0 Å². The standard InChI is InChI=1S/C15H22N2O2/c18-15(14-5-2-6-19-14)17-16-13-8-9-7-12(13)11-4-1-3-10(9)11/h9-12,14H,1-8H2,(H,17,18)/t9-,10-,11-,12+,14-/m1/s1. The van der Waals surface area contributed by atoms with Gasteiger partial charge in [-0.3, -0.25) is 4.79 Å². The first-order valence-electron chi connectivity index (χ1n) is 7.81. The van der Waals surface area contributed by atoms with Gasteiger partial charge in [-0.05, 0) is 56.3 Å². The number of rotatable bonds is 2. The van der Waals surface area contributed by atoms with Crippen LogP contribution in [0.5, 0.6) is 0 Å². The fraction of sp³-hybridized carbons (Fsp3) is 0.867. The maximum atomic E-state index is 11.9. The molecule has 4 fully saturated rings. The average molecular weight is 262 g/mol. The number of hydrogen-bond acceptors (Lipinski definition) is 3. The van der Waals surface area contributed by atoms with Crippen molar-refractivity contribution < 1.29 is 9.53 Å². The molecule has 0 spiro atoms. The SMILES string of the molecule is O=C(NN=C1C[C@H]2C[C@H]1[C@@H]1CCC[C@H]21)[C@H]1CCCO1. The number of carbonyl (C=O) groups excluding carboxylic acids is 1. The maximum absolute atomic E-state index is 11.9. The summed E-state index contributed by atoms with van der Waals surface area (Å²) in [4.78, 5) is 11.9. The van der Waals surface area contributed by atoms with Crippen LogP contribution in [0.3, 0.4) is 0 Å². The zero-order chi connectivity index (χ0) is 12.8.